The third-order valence-corrected chi connectivity index (χ3v) is 8.24. The minimum atomic E-state index is -4.46. The van der Waals surface area contributed by atoms with Crippen molar-refractivity contribution < 1.29 is 28.0 Å². The zero-order valence-corrected chi connectivity index (χ0v) is 22.1. The van der Waals surface area contributed by atoms with Gasteiger partial charge in [0.15, 0.2) is 0 Å². The average molecular weight is 588 g/mol. The molecular weight excluding hydrogens is 565 g/mol. The van der Waals surface area contributed by atoms with Crippen LogP contribution in [0.2, 0.25) is 9.36 Å². The van der Waals surface area contributed by atoms with Gasteiger partial charge in [-0.05, 0) is 30.2 Å². The van der Waals surface area contributed by atoms with Crippen molar-refractivity contribution in [1.82, 2.24) is 14.7 Å². The second kappa shape index (κ2) is 11.3. The molecule has 1 saturated carbocycles. The highest BCUT2D eigenvalue weighted by atomic mass is 35.5. The molecule has 37 heavy (non-hydrogen) atoms. The van der Waals surface area contributed by atoms with Crippen LogP contribution in [0.3, 0.4) is 0 Å². The molecule has 11 nitrogen and oxygen atoms in total. The first-order chi connectivity index (χ1) is 17.4. The molecule has 0 spiro atoms. The number of carbonyl (C=O) groups excluding carboxylic acids is 1. The lowest BCUT2D eigenvalue weighted by Crippen LogP contribution is -2.37. The van der Waals surface area contributed by atoms with Crippen molar-refractivity contribution in [3.8, 4) is 0 Å². The maximum Gasteiger partial charge on any atom is 0.333 e. The Balaban J connectivity index is 1.54. The molecule has 2 heterocycles. The molecule has 1 fully saturated rings. The first-order valence-corrected chi connectivity index (χ1v) is 14.0. The highest BCUT2D eigenvalue weighted by molar-refractivity contribution is 7.83. The zero-order chi connectivity index (χ0) is 26.9. The Hall–Kier alpha value is -2.20. The average Bonchev–Trinajstić information content (AvgIpc) is 3.36. The molecule has 1 aliphatic carbocycles. The van der Waals surface area contributed by atoms with Crippen LogP contribution in [-0.2, 0) is 10.3 Å². The fourth-order valence-electron chi connectivity index (χ4n) is 4.19. The van der Waals surface area contributed by atoms with Gasteiger partial charge in [0, 0.05) is 29.2 Å². The van der Waals surface area contributed by atoms with Crippen LogP contribution in [0.4, 0.5) is 5.82 Å². The minimum absolute atomic E-state index is 0.101. The molecule has 198 valence electrons. The van der Waals surface area contributed by atoms with E-state index in [9.17, 15) is 23.4 Å². The minimum Gasteiger partial charge on any atom is -0.390 e. The number of nitrogens with zero attached hydrogens (tertiary/aromatic N) is 2. The lowest BCUT2D eigenvalue weighted by molar-refractivity contribution is 0.0184. The maximum absolute atomic E-state index is 13.4. The molecule has 7 N–H and O–H groups in total. The summed E-state index contributed by atoms with van der Waals surface area (Å²) in [5.41, 5.74) is 7.75. The molecule has 0 aliphatic heterocycles. The number of carbonyl (C=O) groups is 1. The number of ketones is 1. The van der Waals surface area contributed by atoms with Crippen molar-refractivity contribution >= 4 is 56.4 Å². The number of aliphatic hydroxyl groups excluding tert-OH is 2. The number of thiophene rings is 1. The van der Waals surface area contributed by atoms with Gasteiger partial charge in [-0.3, -0.25) is 9.35 Å². The fraction of sp³-hybridized carbons (Fsp3) is 0.318. The van der Waals surface area contributed by atoms with E-state index in [0.717, 1.165) is 16.9 Å². The van der Waals surface area contributed by atoms with Crippen LogP contribution in [-0.4, -0.2) is 63.7 Å². The van der Waals surface area contributed by atoms with Crippen LogP contribution in [0.1, 0.15) is 38.8 Å². The highest BCUT2D eigenvalue weighted by Crippen LogP contribution is 2.36. The Labute approximate surface area is 226 Å². The van der Waals surface area contributed by atoms with Crippen LogP contribution in [0.5, 0.6) is 0 Å². The summed E-state index contributed by atoms with van der Waals surface area (Å²) in [4.78, 5) is 21.7. The van der Waals surface area contributed by atoms with Gasteiger partial charge in [-0.25, -0.2) is 9.97 Å². The van der Waals surface area contributed by atoms with E-state index in [1.54, 1.807) is 30.3 Å². The van der Waals surface area contributed by atoms with E-state index >= 15 is 0 Å². The van der Waals surface area contributed by atoms with E-state index in [1.807, 2.05) is 4.72 Å². The lowest BCUT2D eigenvalue weighted by atomic mass is 10.0. The number of rotatable bonds is 9. The third-order valence-electron chi connectivity index (χ3n) is 6.09. The molecule has 5 atom stereocenters. The Morgan fingerprint density at radius 3 is 2.70 bits per heavy atom. The Kier molecular flexibility index (Phi) is 8.48. The molecule has 1 aliphatic rings. The summed E-state index contributed by atoms with van der Waals surface area (Å²) in [5.74, 6) is -1.01. The van der Waals surface area contributed by atoms with Gasteiger partial charge in [0.25, 0.3) is 0 Å². The fourth-order valence-corrected chi connectivity index (χ4v) is 6.12. The Bertz CT molecular complexity index is 1410. The summed E-state index contributed by atoms with van der Waals surface area (Å²) in [7, 11) is -4.46. The lowest BCUT2D eigenvalue weighted by Gasteiger charge is -2.19. The summed E-state index contributed by atoms with van der Waals surface area (Å²) in [6, 6.07) is 7.23. The van der Waals surface area contributed by atoms with Gasteiger partial charge in [0.2, 0.25) is 5.78 Å². The van der Waals surface area contributed by atoms with Crippen LogP contribution in [0.15, 0.2) is 42.9 Å². The molecule has 2 aromatic heterocycles. The van der Waals surface area contributed by atoms with Gasteiger partial charge in [-0.2, -0.15) is 13.1 Å². The molecule has 0 radical (unpaired) electrons. The molecule has 0 amide bonds. The number of benzene rings is 1. The summed E-state index contributed by atoms with van der Waals surface area (Å²) in [5, 5.41) is 24.3. The molecule has 0 unspecified atom stereocenters. The predicted molar refractivity (Wildman–Crippen MR) is 139 cm³/mol. The quantitative estimate of drug-likeness (QED) is 0.159. The van der Waals surface area contributed by atoms with Gasteiger partial charge in [-0.1, -0.05) is 35.3 Å². The van der Waals surface area contributed by atoms with Crippen molar-refractivity contribution in [2.45, 2.75) is 30.7 Å². The van der Waals surface area contributed by atoms with Crippen LogP contribution < -0.4 is 15.8 Å². The molecule has 15 heteroatoms. The highest BCUT2D eigenvalue weighted by Gasteiger charge is 2.42. The molecule has 1 aromatic carbocycles. The molecule has 0 saturated heterocycles. The van der Waals surface area contributed by atoms with Gasteiger partial charge in [-0.15, -0.1) is 11.3 Å². The number of hydrogen-bond acceptors (Lipinski definition) is 10. The van der Waals surface area contributed by atoms with Gasteiger partial charge in [0.1, 0.15) is 18.2 Å². The standard InChI is InChI=1S/C22H23Cl2N5O6S2/c23-12-3-1-2-10(4-12)17(25)13-6-16(36-21(13)24)19(31)14-8-26-9-27-22(14)29-15-5-11(18(30)20(15)32)7-28-37(33,34)35/h1-4,6,8-9,11,15,17-18,20,28,30,32H,5,7,25H2,(H,26,27,29)(H,33,34,35)/t11-,15-,17+,18-,20+/m1/s1. The molecular formula is C22H23Cl2N5O6S2. The van der Waals surface area contributed by atoms with E-state index in [-0.39, 0.29) is 29.2 Å². The summed E-state index contributed by atoms with van der Waals surface area (Å²) < 4.78 is 33.1. The topological polar surface area (TPSA) is 188 Å². The smallest absolute Gasteiger partial charge is 0.333 e. The molecule has 0 bridgehead atoms. The largest absolute Gasteiger partial charge is 0.390 e. The molecule has 3 aromatic rings. The second-order valence-electron chi connectivity index (χ2n) is 8.54. The zero-order valence-electron chi connectivity index (χ0n) is 19.0. The first-order valence-electron chi connectivity index (χ1n) is 10.9. The van der Waals surface area contributed by atoms with Crippen LogP contribution in [0.25, 0.3) is 0 Å². The summed E-state index contributed by atoms with van der Waals surface area (Å²) in [6.45, 7) is -0.284. The molecule has 4 rings (SSSR count). The van der Waals surface area contributed by atoms with Gasteiger partial charge < -0.3 is 21.3 Å². The number of nitrogens with two attached hydrogens (primary N) is 1. The van der Waals surface area contributed by atoms with Crippen molar-refractivity contribution in [2.75, 3.05) is 11.9 Å². The van der Waals surface area contributed by atoms with E-state index < -0.39 is 46.3 Å². The Morgan fingerprint density at radius 1 is 1.24 bits per heavy atom. The number of anilines is 1. The van der Waals surface area contributed by atoms with Gasteiger partial charge >= 0.3 is 10.3 Å². The maximum atomic E-state index is 13.4. The Morgan fingerprint density at radius 2 is 2.00 bits per heavy atom. The van der Waals surface area contributed by atoms with Crippen LogP contribution in [0, 0.1) is 5.92 Å². The van der Waals surface area contributed by atoms with Crippen molar-refractivity contribution in [1.29, 1.82) is 0 Å². The van der Waals surface area contributed by atoms with E-state index in [2.05, 4.69) is 15.3 Å². The van der Waals surface area contributed by atoms with Gasteiger partial charge in [0.05, 0.1) is 33.0 Å². The number of aliphatic hydroxyl groups is 2. The van der Waals surface area contributed by atoms with E-state index in [1.165, 1.54) is 12.5 Å². The van der Waals surface area contributed by atoms with Crippen molar-refractivity contribution in [3.63, 3.8) is 0 Å². The van der Waals surface area contributed by atoms with Crippen LogP contribution >= 0.6 is 34.5 Å². The monoisotopic (exact) mass is 587 g/mol. The second-order valence-corrected chi connectivity index (χ2v) is 11.9. The summed E-state index contributed by atoms with van der Waals surface area (Å²) >= 11 is 13.5. The van der Waals surface area contributed by atoms with Crippen molar-refractivity contribution in [2.24, 2.45) is 11.7 Å². The number of aromatic nitrogens is 2. The normalized spacial score (nSPS) is 22.6. The number of hydrogen-bond donors (Lipinski definition) is 6. The number of nitrogens with one attached hydrogen (secondary N) is 2. The SMILES string of the molecule is N[C@@H](c1cccc(Cl)c1)c1cc(C(=O)c2cncnc2N[C@@H]2C[C@H](CNS(=O)(=O)O)[C@@H](O)[C@H]2O)sc1Cl. The number of halogens is 2. The van der Waals surface area contributed by atoms with E-state index in [4.69, 9.17) is 33.5 Å². The summed E-state index contributed by atoms with van der Waals surface area (Å²) in [6.07, 6.45) is 0.1000. The van der Waals surface area contributed by atoms with E-state index in [0.29, 0.717) is 14.9 Å². The first kappa shape index (κ1) is 27.8. The van der Waals surface area contributed by atoms with Crippen molar-refractivity contribution in [3.05, 3.63) is 73.8 Å². The predicted octanol–water partition coefficient (Wildman–Crippen LogP) is 2.04. The third kappa shape index (κ3) is 6.45.